The summed E-state index contributed by atoms with van der Waals surface area (Å²) >= 11 is 3.41. The summed E-state index contributed by atoms with van der Waals surface area (Å²) in [6.45, 7) is 4.27. The second-order valence-corrected chi connectivity index (χ2v) is 10.3. The van der Waals surface area contributed by atoms with Crippen molar-refractivity contribution in [1.82, 2.24) is 15.5 Å². The molecular formula is C27H40BrN3O7. The fourth-order valence-electron chi connectivity index (χ4n) is 3.87. The number of carbonyl (C=O) groups excluding carboxylic acids is 3. The number of benzene rings is 1. The molecule has 0 spiro atoms. The van der Waals surface area contributed by atoms with E-state index in [0.717, 1.165) is 35.7 Å². The van der Waals surface area contributed by atoms with E-state index in [9.17, 15) is 29.1 Å². The van der Waals surface area contributed by atoms with Gasteiger partial charge in [-0.1, -0.05) is 54.2 Å². The fourth-order valence-corrected chi connectivity index (χ4v) is 4.14. The Morgan fingerprint density at radius 2 is 1.53 bits per heavy atom. The van der Waals surface area contributed by atoms with E-state index >= 15 is 0 Å². The summed E-state index contributed by atoms with van der Waals surface area (Å²) in [7, 11) is 0. The molecule has 0 heterocycles. The molecule has 0 aliphatic heterocycles. The van der Waals surface area contributed by atoms with Crippen LogP contribution in [0.25, 0.3) is 0 Å². The minimum Gasteiger partial charge on any atom is -0.481 e. The third-order valence-corrected chi connectivity index (χ3v) is 6.63. The van der Waals surface area contributed by atoms with Crippen molar-refractivity contribution in [2.24, 2.45) is 0 Å². The molecule has 11 heteroatoms. The van der Waals surface area contributed by atoms with Crippen LogP contribution in [0, 0.1) is 0 Å². The van der Waals surface area contributed by atoms with Crippen LogP contribution in [0.1, 0.15) is 83.6 Å². The first kappa shape index (κ1) is 33.1. The normalized spacial score (nSPS) is 12.3. The van der Waals surface area contributed by atoms with Crippen LogP contribution in [0.4, 0.5) is 4.79 Å². The van der Waals surface area contributed by atoms with Crippen molar-refractivity contribution in [3.8, 4) is 0 Å². The largest absolute Gasteiger partial charge is 0.481 e. The molecule has 0 aromatic heterocycles. The Morgan fingerprint density at radius 1 is 0.868 bits per heavy atom. The molecule has 1 aromatic carbocycles. The van der Waals surface area contributed by atoms with Gasteiger partial charge in [0, 0.05) is 30.4 Å². The van der Waals surface area contributed by atoms with E-state index in [4.69, 9.17) is 5.11 Å². The van der Waals surface area contributed by atoms with E-state index in [-0.39, 0.29) is 25.2 Å². The van der Waals surface area contributed by atoms with Crippen molar-refractivity contribution in [3.05, 3.63) is 34.3 Å². The van der Waals surface area contributed by atoms with Crippen molar-refractivity contribution in [2.75, 3.05) is 6.54 Å². The monoisotopic (exact) mass is 597 g/mol. The van der Waals surface area contributed by atoms with Gasteiger partial charge in [0.2, 0.25) is 5.91 Å². The van der Waals surface area contributed by atoms with Crippen LogP contribution >= 0.6 is 15.9 Å². The summed E-state index contributed by atoms with van der Waals surface area (Å²) in [5.41, 5.74) is 1.000. The average molecular weight is 599 g/mol. The first-order valence-corrected chi connectivity index (χ1v) is 13.9. The van der Waals surface area contributed by atoms with Crippen molar-refractivity contribution >= 4 is 45.6 Å². The molecule has 0 fully saturated rings. The summed E-state index contributed by atoms with van der Waals surface area (Å²) in [4.78, 5) is 61.1. The number of nitrogens with one attached hydrogen (secondary N) is 2. The van der Waals surface area contributed by atoms with Crippen LogP contribution in [-0.2, 0) is 25.7 Å². The highest BCUT2D eigenvalue weighted by molar-refractivity contribution is 9.10. The van der Waals surface area contributed by atoms with Crippen LogP contribution in [0.2, 0.25) is 0 Å². The molecule has 0 aliphatic carbocycles. The number of halogens is 1. The van der Waals surface area contributed by atoms with Crippen LogP contribution in [0.15, 0.2) is 28.7 Å². The number of ketones is 1. The fraction of sp³-hybridized carbons (Fsp3) is 0.593. The predicted molar refractivity (Wildman–Crippen MR) is 147 cm³/mol. The third kappa shape index (κ3) is 14.1. The molecule has 0 radical (unpaired) electrons. The molecule has 3 amide bonds. The van der Waals surface area contributed by atoms with Gasteiger partial charge in [-0.15, -0.1) is 0 Å². The van der Waals surface area contributed by atoms with Gasteiger partial charge < -0.3 is 25.7 Å². The van der Waals surface area contributed by atoms with Crippen molar-refractivity contribution in [2.45, 2.75) is 96.7 Å². The standard InChI is InChI=1S/C27H40BrN3O7/c1-3-4-5-6-10-24(33)31(18-20-11-13-21(28)14-12-20)17-8-7-9-23(26(36)37)30-27(38)29-22(19(2)32)15-16-25(34)35/h11-14,22-23H,3-10,15-18H2,1-2H3,(H,34,35)(H,36,37)(H2,29,30,38)/t22-,23-/m0/s1. The maximum atomic E-state index is 12.9. The maximum absolute atomic E-state index is 12.9. The van der Waals surface area contributed by atoms with Gasteiger partial charge in [0.05, 0.1) is 6.04 Å². The first-order chi connectivity index (χ1) is 18.0. The molecule has 38 heavy (non-hydrogen) atoms. The number of amides is 3. The predicted octanol–water partition coefficient (Wildman–Crippen LogP) is 4.49. The number of carboxylic acids is 2. The zero-order valence-corrected chi connectivity index (χ0v) is 23.8. The lowest BCUT2D eigenvalue weighted by Crippen LogP contribution is -2.50. The number of hydrogen-bond donors (Lipinski definition) is 4. The molecule has 0 saturated carbocycles. The molecule has 0 saturated heterocycles. The van der Waals surface area contributed by atoms with Gasteiger partial charge in [-0.2, -0.15) is 0 Å². The van der Waals surface area contributed by atoms with E-state index in [1.54, 1.807) is 4.90 Å². The minimum atomic E-state index is -1.22. The Labute approximate surface area is 232 Å². The Hall–Kier alpha value is -2.95. The molecule has 10 nitrogen and oxygen atoms in total. The van der Waals surface area contributed by atoms with Crippen molar-refractivity contribution in [1.29, 1.82) is 0 Å². The highest BCUT2D eigenvalue weighted by atomic mass is 79.9. The van der Waals surface area contributed by atoms with Gasteiger partial charge in [0.15, 0.2) is 5.78 Å². The lowest BCUT2D eigenvalue weighted by Gasteiger charge is -2.24. The lowest BCUT2D eigenvalue weighted by atomic mass is 10.1. The van der Waals surface area contributed by atoms with Gasteiger partial charge in [0.25, 0.3) is 0 Å². The zero-order chi connectivity index (χ0) is 28.5. The molecule has 212 valence electrons. The summed E-state index contributed by atoms with van der Waals surface area (Å²) in [6, 6.07) is 4.70. The SMILES string of the molecule is CCCCCCC(=O)N(CCCC[C@H](NC(=O)N[C@@H](CCC(=O)O)C(C)=O)C(=O)O)Cc1ccc(Br)cc1. The number of nitrogens with zero attached hydrogens (tertiary/aromatic N) is 1. The summed E-state index contributed by atoms with van der Waals surface area (Å²) in [5.74, 6) is -2.68. The first-order valence-electron chi connectivity index (χ1n) is 13.1. The van der Waals surface area contributed by atoms with Gasteiger partial charge in [-0.3, -0.25) is 14.4 Å². The Bertz CT molecular complexity index is 924. The van der Waals surface area contributed by atoms with Crippen molar-refractivity contribution in [3.63, 3.8) is 0 Å². The molecule has 4 N–H and O–H groups in total. The van der Waals surface area contributed by atoms with Crippen LogP contribution in [0.5, 0.6) is 0 Å². The molecule has 0 aliphatic rings. The number of carboxylic acid groups (broad SMARTS) is 2. The number of rotatable bonds is 19. The minimum absolute atomic E-state index is 0.0629. The van der Waals surface area contributed by atoms with Gasteiger partial charge >= 0.3 is 18.0 Å². The molecule has 0 unspecified atom stereocenters. The van der Waals surface area contributed by atoms with E-state index in [1.807, 2.05) is 24.3 Å². The number of aliphatic carboxylic acids is 2. The summed E-state index contributed by atoms with van der Waals surface area (Å²) in [6.07, 6.45) is 5.23. The zero-order valence-electron chi connectivity index (χ0n) is 22.2. The molecule has 2 atom stereocenters. The maximum Gasteiger partial charge on any atom is 0.326 e. The smallest absolute Gasteiger partial charge is 0.326 e. The molecular weight excluding hydrogens is 558 g/mol. The van der Waals surface area contributed by atoms with Gasteiger partial charge in [0.1, 0.15) is 6.04 Å². The topological polar surface area (TPSA) is 153 Å². The number of carbonyl (C=O) groups is 5. The van der Waals surface area contributed by atoms with E-state index in [2.05, 4.69) is 33.5 Å². The molecule has 1 rings (SSSR count). The van der Waals surface area contributed by atoms with Crippen LogP contribution < -0.4 is 10.6 Å². The van der Waals surface area contributed by atoms with Gasteiger partial charge in [-0.25, -0.2) is 9.59 Å². The quantitative estimate of drug-likeness (QED) is 0.171. The van der Waals surface area contributed by atoms with E-state index in [1.165, 1.54) is 6.92 Å². The van der Waals surface area contributed by atoms with E-state index in [0.29, 0.717) is 32.4 Å². The average Bonchev–Trinajstić information content (AvgIpc) is 2.86. The van der Waals surface area contributed by atoms with Gasteiger partial charge in [-0.05, 0) is 56.7 Å². The number of Topliss-reactive ketones (excluding diaryl/α,β-unsaturated/α-hetero) is 1. The summed E-state index contributed by atoms with van der Waals surface area (Å²) < 4.78 is 0.950. The highest BCUT2D eigenvalue weighted by Crippen LogP contribution is 2.15. The second-order valence-electron chi connectivity index (χ2n) is 9.35. The lowest BCUT2D eigenvalue weighted by molar-refractivity contribution is -0.139. The van der Waals surface area contributed by atoms with Crippen LogP contribution in [-0.4, -0.2) is 63.4 Å². The van der Waals surface area contributed by atoms with Crippen molar-refractivity contribution < 1.29 is 34.2 Å². The third-order valence-electron chi connectivity index (χ3n) is 6.10. The molecule has 0 bridgehead atoms. The Balaban J connectivity index is 2.66. The number of unbranched alkanes of at least 4 members (excludes halogenated alkanes) is 4. The number of urea groups is 1. The Morgan fingerprint density at radius 3 is 2.11 bits per heavy atom. The second kappa shape index (κ2) is 18.3. The Kier molecular flexibility index (Phi) is 16.0. The summed E-state index contributed by atoms with van der Waals surface area (Å²) in [5, 5.41) is 23.1. The highest BCUT2D eigenvalue weighted by Gasteiger charge is 2.23. The molecule has 1 aromatic rings. The van der Waals surface area contributed by atoms with E-state index < -0.39 is 35.8 Å². The van der Waals surface area contributed by atoms with Crippen LogP contribution in [0.3, 0.4) is 0 Å². The number of hydrogen-bond acceptors (Lipinski definition) is 5.